The van der Waals surface area contributed by atoms with E-state index in [4.69, 9.17) is 9.40 Å². The van der Waals surface area contributed by atoms with E-state index in [0.717, 1.165) is 45.4 Å². The predicted octanol–water partition coefficient (Wildman–Crippen LogP) is 6.10. The SMILES string of the molecule is Cc1ccc2c(oc3nc(CC(C)C)ccc32)c1-c1ccc(C(C)C)c[n+]1C. The summed E-state index contributed by atoms with van der Waals surface area (Å²) >= 11 is 0. The number of fused-ring (bicyclic) bond motifs is 3. The number of aromatic nitrogens is 2. The highest BCUT2D eigenvalue weighted by Crippen LogP contribution is 2.36. The number of aryl methyl sites for hydroxylation is 2. The van der Waals surface area contributed by atoms with Gasteiger partial charge < -0.3 is 4.42 Å². The minimum Gasteiger partial charge on any atom is -0.437 e. The second-order valence-electron chi connectivity index (χ2n) is 8.60. The Morgan fingerprint density at radius 3 is 2.39 bits per heavy atom. The molecular weight excluding hydrogens is 344 g/mol. The van der Waals surface area contributed by atoms with Crippen LogP contribution in [-0.4, -0.2) is 4.98 Å². The zero-order valence-corrected chi connectivity index (χ0v) is 17.7. The van der Waals surface area contributed by atoms with Gasteiger partial charge in [0.05, 0.1) is 5.56 Å². The summed E-state index contributed by atoms with van der Waals surface area (Å²) in [6.07, 6.45) is 3.18. The van der Waals surface area contributed by atoms with E-state index in [1.165, 1.54) is 11.1 Å². The molecule has 0 fully saturated rings. The number of hydrogen-bond donors (Lipinski definition) is 0. The first-order chi connectivity index (χ1) is 13.3. The number of pyridine rings is 2. The lowest BCUT2D eigenvalue weighted by atomic mass is 9.99. The lowest BCUT2D eigenvalue weighted by Gasteiger charge is -2.08. The van der Waals surface area contributed by atoms with Crippen molar-refractivity contribution in [3.63, 3.8) is 0 Å². The summed E-state index contributed by atoms with van der Waals surface area (Å²) in [7, 11) is 2.11. The molecule has 4 rings (SSSR count). The van der Waals surface area contributed by atoms with Gasteiger partial charge in [-0.1, -0.05) is 39.8 Å². The molecule has 0 spiro atoms. The van der Waals surface area contributed by atoms with Crippen molar-refractivity contribution in [3.05, 3.63) is 59.4 Å². The van der Waals surface area contributed by atoms with Crippen molar-refractivity contribution in [2.24, 2.45) is 13.0 Å². The van der Waals surface area contributed by atoms with Crippen LogP contribution in [0.2, 0.25) is 0 Å². The van der Waals surface area contributed by atoms with Gasteiger partial charge >= 0.3 is 0 Å². The smallest absolute Gasteiger partial charge is 0.227 e. The van der Waals surface area contributed by atoms with Crippen LogP contribution in [-0.2, 0) is 13.5 Å². The normalized spacial score (nSPS) is 12.0. The number of nitrogens with zero attached hydrogens (tertiary/aromatic N) is 2. The average Bonchev–Trinajstić information content (AvgIpc) is 2.99. The molecule has 1 aromatic carbocycles. The Morgan fingerprint density at radius 2 is 1.71 bits per heavy atom. The van der Waals surface area contributed by atoms with Gasteiger partial charge in [-0.15, -0.1) is 0 Å². The monoisotopic (exact) mass is 373 g/mol. The van der Waals surface area contributed by atoms with E-state index in [9.17, 15) is 0 Å². The molecule has 0 bridgehead atoms. The molecule has 3 heteroatoms. The van der Waals surface area contributed by atoms with E-state index in [-0.39, 0.29) is 0 Å². The van der Waals surface area contributed by atoms with Crippen LogP contribution < -0.4 is 4.57 Å². The van der Waals surface area contributed by atoms with E-state index in [2.05, 4.69) is 88.8 Å². The van der Waals surface area contributed by atoms with Gasteiger partial charge in [0.2, 0.25) is 11.4 Å². The fourth-order valence-corrected chi connectivity index (χ4v) is 3.94. The van der Waals surface area contributed by atoms with Crippen LogP contribution in [0, 0.1) is 12.8 Å². The molecule has 0 aliphatic heterocycles. The highest BCUT2D eigenvalue weighted by molar-refractivity contribution is 6.08. The van der Waals surface area contributed by atoms with E-state index >= 15 is 0 Å². The molecule has 0 unspecified atom stereocenters. The van der Waals surface area contributed by atoms with E-state index in [1.54, 1.807) is 0 Å². The highest BCUT2D eigenvalue weighted by atomic mass is 16.3. The quantitative estimate of drug-likeness (QED) is 0.404. The van der Waals surface area contributed by atoms with Crippen molar-refractivity contribution in [1.82, 2.24) is 4.98 Å². The molecule has 0 atom stereocenters. The van der Waals surface area contributed by atoms with Crippen LogP contribution in [0.5, 0.6) is 0 Å². The highest BCUT2D eigenvalue weighted by Gasteiger charge is 2.21. The number of hydrogen-bond acceptors (Lipinski definition) is 2. The summed E-state index contributed by atoms with van der Waals surface area (Å²) in [6.45, 7) is 11.0. The van der Waals surface area contributed by atoms with Crippen LogP contribution in [0.4, 0.5) is 0 Å². The molecule has 0 N–H and O–H groups in total. The molecule has 144 valence electrons. The van der Waals surface area contributed by atoms with Crippen LogP contribution in [0.1, 0.15) is 50.4 Å². The Balaban J connectivity index is 1.94. The van der Waals surface area contributed by atoms with Gasteiger partial charge in [-0.2, -0.15) is 0 Å². The summed E-state index contributed by atoms with van der Waals surface area (Å²) < 4.78 is 8.56. The van der Waals surface area contributed by atoms with Crippen LogP contribution in [0.15, 0.2) is 47.0 Å². The molecule has 0 radical (unpaired) electrons. The lowest BCUT2D eigenvalue weighted by Crippen LogP contribution is -2.31. The van der Waals surface area contributed by atoms with Crippen molar-refractivity contribution in [1.29, 1.82) is 0 Å². The number of rotatable bonds is 4. The largest absolute Gasteiger partial charge is 0.437 e. The first kappa shape index (κ1) is 18.7. The Kier molecular flexibility index (Phi) is 4.70. The van der Waals surface area contributed by atoms with Gasteiger partial charge in [0, 0.05) is 28.1 Å². The standard InChI is InChI=1S/C25H29N2O/c1-15(2)13-19-9-11-21-20-10-7-17(5)23(24(20)28-25(21)26-19)22-12-8-18(16(3)4)14-27(22)6/h7-12,14-16H,13H2,1-6H3/q+1. The Hall–Kier alpha value is -2.68. The first-order valence-corrected chi connectivity index (χ1v) is 10.2. The number of furan rings is 1. The molecule has 4 aromatic rings. The summed E-state index contributed by atoms with van der Waals surface area (Å²) in [5.74, 6) is 1.08. The second-order valence-corrected chi connectivity index (χ2v) is 8.60. The molecule has 0 saturated carbocycles. The molecule has 0 aliphatic rings. The van der Waals surface area contributed by atoms with Crippen molar-refractivity contribution in [3.8, 4) is 11.3 Å². The first-order valence-electron chi connectivity index (χ1n) is 10.2. The van der Waals surface area contributed by atoms with Crippen molar-refractivity contribution in [2.75, 3.05) is 0 Å². The summed E-state index contributed by atoms with van der Waals surface area (Å²) in [5.41, 5.74) is 7.61. The molecule has 3 heterocycles. The third-order valence-electron chi connectivity index (χ3n) is 5.47. The van der Waals surface area contributed by atoms with E-state index in [1.807, 2.05) is 0 Å². The van der Waals surface area contributed by atoms with Crippen LogP contribution in [0.25, 0.3) is 33.3 Å². The maximum Gasteiger partial charge on any atom is 0.227 e. The van der Waals surface area contributed by atoms with Crippen LogP contribution >= 0.6 is 0 Å². The zero-order chi connectivity index (χ0) is 20.0. The van der Waals surface area contributed by atoms with Gasteiger partial charge in [-0.3, -0.25) is 0 Å². The third-order valence-corrected chi connectivity index (χ3v) is 5.47. The molecule has 3 nitrogen and oxygen atoms in total. The van der Waals surface area contributed by atoms with E-state index in [0.29, 0.717) is 11.8 Å². The van der Waals surface area contributed by atoms with E-state index < -0.39 is 0 Å². The average molecular weight is 374 g/mol. The maximum atomic E-state index is 6.35. The van der Waals surface area contributed by atoms with Crippen molar-refractivity contribution < 1.29 is 8.98 Å². The van der Waals surface area contributed by atoms with Crippen LogP contribution in [0.3, 0.4) is 0 Å². The molecule has 28 heavy (non-hydrogen) atoms. The summed E-state index contributed by atoms with van der Waals surface area (Å²) in [6, 6.07) is 13.1. The molecule has 0 aliphatic carbocycles. The molecule has 0 saturated heterocycles. The second kappa shape index (κ2) is 7.05. The maximum absolute atomic E-state index is 6.35. The molecular formula is C25H29N2O+. The van der Waals surface area contributed by atoms with Gasteiger partial charge in [-0.25, -0.2) is 9.55 Å². The topological polar surface area (TPSA) is 29.9 Å². The fraction of sp³-hybridized carbons (Fsp3) is 0.360. The summed E-state index contributed by atoms with van der Waals surface area (Å²) in [5, 5.41) is 2.22. The minimum atomic E-state index is 0.506. The van der Waals surface area contributed by atoms with Gasteiger partial charge in [-0.05, 0) is 48.9 Å². The molecule has 0 amide bonds. The van der Waals surface area contributed by atoms with Gasteiger partial charge in [0.1, 0.15) is 7.05 Å². The number of benzene rings is 1. The minimum absolute atomic E-state index is 0.506. The Labute approximate surface area is 167 Å². The van der Waals surface area contributed by atoms with Crippen molar-refractivity contribution in [2.45, 2.75) is 47.0 Å². The fourth-order valence-electron chi connectivity index (χ4n) is 3.94. The van der Waals surface area contributed by atoms with Gasteiger partial charge in [0.25, 0.3) is 0 Å². The van der Waals surface area contributed by atoms with Crippen molar-refractivity contribution >= 4 is 22.1 Å². The third kappa shape index (κ3) is 3.19. The Bertz CT molecular complexity index is 1170. The predicted molar refractivity (Wildman–Crippen MR) is 115 cm³/mol. The Morgan fingerprint density at radius 1 is 0.964 bits per heavy atom. The summed E-state index contributed by atoms with van der Waals surface area (Å²) in [4.78, 5) is 4.80. The molecule has 3 aromatic heterocycles. The van der Waals surface area contributed by atoms with Gasteiger partial charge in [0.15, 0.2) is 11.8 Å². The lowest BCUT2D eigenvalue weighted by molar-refractivity contribution is -0.660. The zero-order valence-electron chi connectivity index (χ0n) is 17.7.